The third kappa shape index (κ3) is 3.55. The second-order valence-electron chi connectivity index (χ2n) is 7.14. The predicted molar refractivity (Wildman–Crippen MR) is 97.0 cm³/mol. The first-order chi connectivity index (χ1) is 12.6. The Bertz CT molecular complexity index is 795. The van der Waals surface area contributed by atoms with E-state index in [1.807, 2.05) is 28.9 Å². The molecule has 2 fully saturated rings. The number of urea groups is 1. The summed E-state index contributed by atoms with van der Waals surface area (Å²) in [5.74, 6) is -0.251. The molecule has 26 heavy (non-hydrogen) atoms. The number of benzene rings is 1. The highest BCUT2D eigenvalue weighted by Crippen LogP contribution is 2.23. The van der Waals surface area contributed by atoms with E-state index in [1.54, 1.807) is 12.1 Å². The zero-order valence-electron chi connectivity index (χ0n) is 14.9. The highest BCUT2D eigenvalue weighted by Gasteiger charge is 2.40. The van der Waals surface area contributed by atoms with Crippen LogP contribution in [0.4, 0.5) is 9.18 Å². The van der Waals surface area contributed by atoms with E-state index in [0.29, 0.717) is 13.1 Å². The molecule has 2 aromatic rings. The molecule has 0 radical (unpaired) electrons. The number of carbonyl (C=O) groups excluding carboxylic acids is 1. The molecule has 1 aromatic heterocycles. The summed E-state index contributed by atoms with van der Waals surface area (Å²) in [6.07, 6.45) is 0. The van der Waals surface area contributed by atoms with Gasteiger partial charge in [-0.05, 0) is 36.8 Å². The van der Waals surface area contributed by atoms with Crippen LogP contribution in [0.15, 0.2) is 42.5 Å². The minimum atomic E-state index is -0.251. The number of aromatic nitrogens is 1. The molecule has 1 atom stereocenters. The highest BCUT2D eigenvalue weighted by molar-refractivity contribution is 5.77. The van der Waals surface area contributed by atoms with Crippen molar-refractivity contribution < 1.29 is 9.18 Å². The average Bonchev–Trinajstić information content (AvgIpc) is 2.92. The van der Waals surface area contributed by atoms with Gasteiger partial charge in [0.1, 0.15) is 5.82 Å². The van der Waals surface area contributed by atoms with Crippen molar-refractivity contribution in [3.63, 3.8) is 0 Å². The number of pyridine rings is 1. The number of carbonyl (C=O) groups is 1. The van der Waals surface area contributed by atoms with E-state index in [-0.39, 0.29) is 17.9 Å². The molecular weight excluding hydrogens is 331 g/mol. The van der Waals surface area contributed by atoms with E-state index >= 15 is 0 Å². The third-order valence-corrected chi connectivity index (χ3v) is 5.13. The van der Waals surface area contributed by atoms with Gasteiger partial charge in [-0.1, -0.05) is 18.2 Å². The summed E-state index contributed by atoms with van der Waals surface area (Å²) in [7, 11) is 0. The molecule has 0 N–H and O–H groups in total. The Kier molecular flexibility index (Phi) is 4.59. The fourth-order valence-corrected chi connectivity index (χ4v) is 3.84. The number of hydrogen-bond donors (Lipinski definition) is 0. The first kappa shape index (κ1) is 17.0. The first-order valence-corrected chi connectivity index (χ1v) is 9.03. The van der Waals surface area contributed by atoms with Crippen LogP contribution < -0.4 is 0 Å². The van der Waals surface area contributed by atoms with Crippen molar-refractivity contribution in [1.82, 2.24) is 19.7 Å². The molecule has 0 spiro atoms. The van der Waals surface area contributed by atoms with Crippen LogP contribution in [0.25, 0.3) is 0 Å². The monoisotopic (exact) mass is 354 g/mol. The number of piperazine rings is 1. The number of rotatable bonds is 4. The summed E-state index contributed by atoms with van der Waals surface area (Å²) in [5, 5.41) is 0. The minimum Gasteiger partial charge on any atom is -0.318 e. The maximum Gasteiger partial charge on any atom is 0.320 e. The van der Waals surface area contributed by atoms with Crippen LogP contribution in [0.2, 0.25) is 0 Å². The highest BCUT2D eigenvalue weighted by atomic mass is 19.1. The van der Waals surface area contributed by atoms with E-state index in [2.05, 4.69) is 16.0 Å². The van der Waals surface area contributed by atoms with Crippen molar-refractivity contribution in [2.24, 2.45) is 0 Å². The van der Waals surface area contributed by atoms with Gasteiger partial charge in [0.15, 0.2) is 0 Å². The van der Waals surface area contributed by atoms with Crippen LogP contribution >= 0.6 is 0 Å². The summed E-state index contributed by atoms with van der Waals surface area (Å²) in [4.78, 5) is 23.5. The number of nitrogens with zero attached hydrogens (tertiary/aromatic N) is 4. The Hall–Kier alpha value is -2.47. The van der Waals surface area contributed by atoms with Crippen LogP contribution in [-0.4, -0.2) is 57.9 Å². The molecule has 2 aliphatic heterocycles. The van der Waals surface area contributed by atoms with Crippen molar-refractivity contribution in [2.45, 2.75) is 26.1 Å². The summed E-state index contributed by atoms with van der Waals surface area (Å²) in [6.45, 7) is 6.54. The van der Waals surface area contributed by atoms with Gasteiger partial charge in [-0.2, -0.15) is 0 Å². The van der Waals surface area contributed by atoms with Crippen LogP contribution in [0.1, 0.15) is 17.0 Å². The average molecular weight is 354 g/mol. The van der Waals surface area contributed by atoms with Gasteiger partial charge < -0.3 is 9.80 Å². The molecule has 0 aliphatic carbocycles. The molecule has 2 aliphatic rings. The molecule has 2 saturated heterocycles. The van der Waals surface area contributed by atoms with E-state index in [4.69, 9.17) is 0 Å². The first-order valence-electron chi connectivity index (χ1n) is 9.03. The molecular formula is C20H23FN4O. The normalized spacial score (nSPS) is 20.5. The quantitative estimate of drug-likeness (QED) is 0.847. The van der Waals surface area contributed by atoms with Gasteiger partial charge in [-0.3, -0.25) is 9.88 Å². The summed E-state index contributed by atoms with van der Waals surface area (Å²) >= 11 is 0. The second kappa shape index (κ2) is 7.03. The molecule has 4 rings (SSSR count). The Morgan fingerprint density at radius 2 is 1.88 bits per heavy atom. The lowest BCUT2D eigenvalue weighted by Gasteiger charge is -2.36. The van der Waals surface area contributed by atoms with Crippen molar-refractivity contribution >= 4 is 6.03 Å². The standard InChI is InChI=1S/C20H23FN4O/c1-15-3-2-4-18(22-15)12-23-9-10-25-19(13-23)14-24(20(25)26)11-16-5-7-17(21)8-6-16/h2-8,19H,9-14H2,1H3/t19-/m1/s1. The fourth-order valence-electron chi connectivity index (χ4n) is 3.84. The summed E-state index contributed by atoms with van der Waals surface area (Å²) in [5.41, 5.74) is 3.06. The number of aryl methyl sites for hydroxylation is 1. The Labute approximate surface area is 153 Å². The Balaban J connectivity index is 1.39. The lowest BCUT2D eigenvalue weighted by molar-refractivity contribution is 0.115. The van der Waals surface area contributed by atoms with Gasteiger partial charge in [0, 0.05) is 45.0 Å². The predicted octanol–water partition coefficient (Wildman–Crippen LogP) is 2.65. The van der Waals surface area contributed by atoms with Gasteiger partial charge >= 0.3 is 6.03 Å². The van der Waals surface area contributed by atoms with Crippen molar-refractivity contribution in [3.05, 3.63) is 65.2 Å². The maximum absolute atomic E-state index is 13.1. The SMILES string of the molecule is Cc1cccc(CN2CCN3C(=O)N(Cc4ccc(F)cc4)C[C@H]3C2)n1. The van der Waals surface area contributed by atoms with Gasteiger partial charge in [0.05, 0.1) is 11.7 Å². The zero-order chi connectivity index (χ0) is 18.1. The fraction of sp³-hybridized carbons (Fsp3) is 0.400. The largest absolute Gasteiger partial charge is 0.320 e. The van der Waals surface area contributed by atoms with Crippen LogP contribution in [0.3, 0.4) is 0 Å². The van der Waals surface area contributed by atoms with Crippen LogP contribution in [0.5, 0.6) is 0 Å². The molecule has 1 aromatic carbocycles. The molecule has 136 valence electrons. The second-order valence-corrected chi connectivity index (χ2v) is 7.14. The lowest BCUT2D eigenvalue weighted by atomic mass is 10.1. The topological polar surface area (TPSA) is 39.7 Å². The van der Waals surface area contributed by atoms with E-state index < -0.39 is 0 Å². The van der Waals surface area contributed by atoms with Gasteiger partial charge in [-0.25, -0.2) is 9.18 Å². The van der Waals surface area contributed by atoms with E-state index in [1.165, 1.54) is 12.1 Å². The van der Waals surface area contributed by atoms with Crippen LogP contribution in [-0.2, 0) is 13.1 Å². The molecule has 0 unspecified atom stereocenters. The van der Waals surface area contributed by atoms with Crippen LogP contribution in [0, 0.1) is 12.7 Å². The third-order valence-electron chi connectivity index (χ3n) is 5.13. The maximum atomic E-state index is 13.1. The molecule has 0 saturated carbocycles. The molecule has 3 heterocycles. The smallest absolute Gasteiger partial charge is 0.318 e. The number of amides is 2. The molecule has 5 nitrogen and oxygen atoms in total. The summed E-state index contributed by atoms with van der Waals surface area (Å²) in [6, 6.07) is 12.8. The van der Waals surface area contributed by atoms with E-state index in [0.717, 1.165) is 43.1 Å². The molecule has 6 heteroatoms. The summed E-state index contributed by atoms with van der Waals surface area (Å²) < 4.78 is 13.1. The zero-order valence-corrected chi connectivity index (χ0v) is 14.9. The minimum absolute atomic E-state index is 0.0904. The van der Waals surface area contributed by atoms with Gasteiger partial charge in [0.2, 0.25) is 0 Å². The lowest BCUT2D eigenvalue weighted by Crippen LogP contribution is -2.51. The Morgan fingerprint density at radius 1 is 1.08 bits per heavy atom. The number of fused-ring (bicyclic) bond motifs is 1. The molecule has 2 amide bonds. The van der Waals surface area contributed by atoms with Crippen molar-refractivity contribution in [3.8, 4) is 0 Å². The number of halogens is 1. The van der Waals surface area contributed by atoms with Gasteiger partial charge in [-0.15, -0.1) is 0 Å². The van der Waals surface area contributed by atoms with Crippen molar-refractivity contribution in [1.29, 1.82) is 0 Å². The van der Waals surface area contributed by atoms with Crippen molar-refractivity contribution in [2.75, 3.05) is 26.2 Å². The van der Waals surface area contributed by atoms with E-state index in [9.17, 15) is 9.18 Å². The molecule has 0 bridgehead atoms. The van der Waals surface area contributed by atoms with Gasteiger partial charge in [0.25, 0.3) is 0 Å². The Morgan fingerprint density at radius 3 is 2.65 bits per heavy atom. The number of hydrogen-bond acceptors (Lipinski definition) is 3.